The van der Waals surface area contributed by atoms with Gasteiger partial charge in [-0.05, 0) is 47.9 Å². The van der Waals surface area contributed by atoms with E-state index in [1.807, 2.05) is 6.92 Å². The van der Waals surface area contributed by atoms with Crippen LogP contribution in [0.2, 0.25) is 0 Å². The normalized spacial score (nSPS) is 14.2. The summed E-state index contributed by atoms with van der Waals surface area (Å²) in [5.74, 6) is -0.671. The number of rotatable bonds is 6. The summed E-state index contributed by atoms with van der Waals surface area (Å²) in [7, 11) is 0. The number of halogens is 4. The summed E-state index contributed by atoms with van der Waals surface area (Å²) in [5.41, 5.74) is 3.96. The number of hydrogen-bond acceptors (Lipinski definition) is 7. The molecule has 1 aliphatic heterocycles. The van der Waals surface area contributed by atoms with Crippen LogP contribution in [0.3, 0.4) is 0 Å². The molecule has 39 heavy (non-hydrogen) atoms. The van der Waals surface area contributed by atoms with Gasteiger partial charge in [0.15, 0.2) is 11.6 Å². The van der Waals surface area contributed by atoms with E-state index in [0.717, 1.165) is 16.3 Å². The van der Waals surface area contributed by atoms with Crippen molar-refractivity contribution in [3.05, 3.63) is 77.4 Å². The van der Waals surface area contributed by atoms with Crippen molar-refractivity contribution in [2.24, 2.45) is 4.99 Å². The predicted octanol–water partition coefficient (Wildman–Crippen LogP) is 4.99. The fraction of sp³-hybridized carbons (Fsp3) is 0.222. The van der Waals surface area contributed by atoms with E-state index in [-0.39, 0.29) is 18.9 Å². The van der Waals surface area contributed by atoms with E-state index in [0.29, 0.717) is 57.9 Å². The quantitative estimate of drug-likeness (QED) is 0.243. The first-order valence-electron chi connectivity index (χ1n) is 12.1. The van der Waals surface area contributed by atoms with Crippen LogP contribution in [0.4, 0.5) is 23.2 Å². The Morgan fingerprint density at radius 1 is 1.13 bits per heavy atom. The van der Waals surface area contributed by atoms with Crippen molar-refractivity contribution < 1.29 is 27.1 Å². The van der Waals surface area contributed by atoms with Gasteiger partial charge in [0.2, 0.25) is 0 Å². The molecule has 12 heteroatoms. The molecule has 1 aromatic carbocycles. The van der Waals surface area contributed by atoms with Crippen molar-refractivity contribution in [2.75, 3.05) is 18.4 Å². The molecule has 3 aromatic heterocycles. The van der Waals surface area contributed by atoms with Crippen molar-refractivity contribution in [1.29, 1.82) is 0 Å². The van der Waals surface area contributed by atoms with E-state index < -0.39 is 23.7 Å². The lowest BCUT2D eigenvalue weighted by Crippen LogP contribution is -2.09. The Balaban J connectivity index is 1.54. The van der Waals surface area contributed by atoms with Gasteiger partial charge in [0.25, 0.3) is 0 Å². The highest BCUT2D eigenvalue weighted by Gasteiger charge is 2.35. The molecule has 0 atom stereocenters. The number of aromatic nitrogens is 4. The zero-order valence-corrected chi connectivity index (χ0v) is 20.5. The molecule has 0 fully saturated rings. The predicted molar refractivity (Wildman–Crippen MR) is 134 cm³/mol. The molecule has 1 aliphatic carbocycles. The number of ether oxygens (including phenoxy) is 1. The third kappa shape index (κ3) is 4.51. The zero-order chi connectivity index (χ0) is 27.3. The maximum Gasteiger partial charge on any atom is 0.435 e. The van der Waals surface area contributed by atoms with E-state index in [9.17, 15) is 22.4 Å². The lowest BCUT2D eigenvalue weighted by molar-refractivity contribution is -0.141. The molecule has 0 bridgehead atoms. The number of anilines is 1. The Hall–Kier alpha value is -4.61. The summed E-state index contributed by atoms with van der Waals surface area (Å²) in [5, 5.41) is 7.00. The Kier molecular flexibility index (Phi) is 5.89. The molecule has 6 rings (SSSR count). The molecule has 4 aromatic rings. The number of carbonyl (C=O) groups is 1. The lowest BCUT2D eigenvalue weighted by atomic mass is 9.98. The standard InChI is InChI=1S/C27H20F4N6O2/c1-2-33-20-8-16(28)7-18-17(20)9-21-25(18)26(37-4-3-22(36-37)27(29,30)31)19(12-34-21)15-5-14(10-32-11-15)6-23-35-13-24(38)39-23/h3-5,7-8,10-12,33H,2,6,9,13H2,1H3. The number of cyclic esters (lactones) is 1. The van der Waals surface area contributed by atoms with Crippen molar-refractivity contribution in [3.8, 4) is 27.9 Å². The Labute approximate surface area is 219 Å². The third-order valence-electron chi connectivity index (χ3n) is 6.51. The highest BCUT2D eigenvalue weighted by atomic mass is 19.4. The van der Waals surface area contributed by atoms with E-state index >= 15 is 0 Å². The summed E-state index contributed by atoms with van der Waals surface area (Å²) < 4.78 is 61.5. The monoisotopic (exact) mass is 536 g/mol. The number of fused-ring (bicyclic) bond motifs is 3. The molecule has 1 N–H and O–H groups in total. The summed E-state index contributed by atoms with van der Waals surface area (Å²) in [4.78, 5) is 24.4. The fourth-order valence-electron chi connectivity index (χ4n) is 4.92. The second-order valence-corrected chi connectivity index (χ2v) is 9.11. The number of alkyl halides is 3. The van der Waals surface area contributed by atoms with Gasteiger partial charge >= 0.3 is 12.1 Å². The van der Waals surface area contributed by atoms with Crippen LogP contribution < -0.4 is 5.32 Å². The minimum absolute atomic E-state index is 0.0486. The van der Waals surface area contributed by atoms with Crippen molar-refractivity contribution in [3.63, 3.8) is 0 Å². The molecule has 0 radical (unpaired) electrons. The number of pyridine rings is 2. The van der Waals surface area contributed by atoms with E-state index in [2.05, 4.69) is 25.4 Å². The van der Waals surface area contributed by atoms with Crippen LogP contribution >= 0.6 is 0 Å². The Bertz CT molecular complexity index is 1660. The van der Waals surface area contributed by atoms with Crippen LogP contribution in [0.5, 0.6) is 0 Å². The van der Waals surface area contributed by atoms with Crippen LogP contribution in [0, 0.1) is 5.82 Å². The average molecular weight is 536 g/mol. The highest BCUT2D eigenvalue weighted by Crippen LogP contribution is 2.46. The molecule has 0 amide bonds. The Morgan fingerprint density at radius 3 is 2.69 bits per heavy atom. The number of nitrogens with one attached hydrogen (secondary N) is 1. The van der Waals surface area contributed by atoms with Crippen LogP contribution in [0.25, 0.3) is 27.9 Å². The number of esters is 1. The first-order valence-corrected chi connectivity index (χ1v) is 12.1. The first-order chi connectivity index (χ1) is 18.7. The van der Waals surface area contributed by atoms with Gasteiger partial charge in [-0.2, -0.15) is 18.3 Å². The molecule has 8 nitrogen and oxygen atoms in total. The van der Waals surface area contributed by atoms with Gasteiger partial charge in [0.1, 0.15) is 12.4 Å². The van der Waals surface area contributed by atoms with E-state index in [4.69, 9.17) is 4.74 Å². The van der Waals surface area contributed by atoms with Crippen molar-refractivity contribution >= 4 is 17.6 Å². The number of hydrogen-bond donors (Lipinski definition) is 1. The topological polar surface area (TPSA) is 94.3 Å². The minimum atomic E-state index is -4.65. The van der Waals surface area contributed by atoms with Gasteiger partial charge in [-0.25, -0.2) is 18.9 Å². The van der Waals surface area contributed by atoms with Crippen molar-refractivity contribution in [1.82, 2.24) is 19.7 Å². The van der Waals surface area contributed by atoms with Gasteiger partial charge in [-0.15, -0.1) is 0 Å². The van der Waals surface area contributed by atoms with Gasteiger partial charge < -0.3 is 10.1 Å². The largest absolute Gasteiger partial charge is 0.435 e. The number of benzene rings is 1. The molecular formula is C27H20F4N6O2. The Morgan fingerprint density at radius 2 is 1.97 bits per heavy atom. The van der Waals surface area contributed by atoms with Gasteiger partial charge in [0.05, 0.1) is 17.8 Å². The second-order valence-electron chi connectivity index (χ2n) is 9.11. The molecule has 4 heterocycles. The molecule has 0 saturated heterocycles. The smallest absolute Gasteiger partial charge is 0.410 e. The lowest BCUT2D eigenvalue weighted by Gasteiger charge is -2.16. The minimum Gasteiger partial charge on any atom is -0.410 e. The molecule has 0 unspecified atom stereocenters. The zero-order valence-electron chi connectivity index (χ0n) is 20.5. The van der Waals surface area contributed by atoms with Gasteiger partial charge in [-0.1, -0.05) is 0 Å². The first kappa shape index (κ1) is 24.7. The number of carbonyl (C=O) groups excluding carboxylic acids is 1. The summed E-state index contributed by atoms with van der Waals surface area (Å²) in [6.45, 7) is 2.40. The SMILES string of the molecule is CCNc1cc(F)cc2c1Cc1ncc(-c3cncc(CC4=NCC(=O)O4)c3)c(-n3ccc(C(F)(F)F)n3)c1-2. The van der Waals surface area contributed by atoms with E-state index in [1.54, 1.807) is 24.7 Å². The van der Waals surface area contributed by atoms with Gasteiger partial charge in [-0.3, -0.25) is 9.97 Å². The van der Waals surface area contributed by atoms with Crippen LogP contribution in [0.15, 0.2) is 54.0 Å². The number of aliphatic imine (C=N–C) groups is 1. The summed E-state index contributed by atoms with van der Waals surface area (Å²) in [6, 6.07) is 5.43. The van der Waals surface area contributed by atoms with E-state index in [1.165, 1.54) is 18.3 Å². The second kappa shape index (κ2) is 9.29. The third-order valence-corrected chi connectivity index (χ3v) is 6.51. The highest BCUT2D eigenvalue weighted by molar-refractivity contribution is 5.96. The molecule has 0 spiro atoms. The molecular weight excluding hydrogens is 516 g/mol. The fourth-order valence-corrected chi connectivity index (χ4v) is 4.92. The summed E-state index contributed by atoms with van der Waals surface area (Å²) in [6.07, 6.45) is 1.86. The molecule has 198 valence electrons. The maximum atomic E-state index is 14.7. The van der Waals surface area contributed by atoms with Crippen LogP contribution in [0.1, 0.15) is 29.4 Å². The number of nitrogens with zero attached hydrogens (tertiary/aromatic N) is 5. The maximum absolute atomic E-state index is 14.7. The van der Waals surface area contributed by atoms with Crippen LogP contribution in [-0.2, 0) is 28.5 Å². The molecule has 0 saturated carbocycles. The van der Waals surface area contributed by atoms with Gasteiger partial charge in [0, 0.05) is 60.1 Å². The van der Waals surface area contributed by atoms with Crippen LogP contribution in [-0.4, -0.2) is 44.7 Å². The summed E-state index contributed by atoms with van der Waals surface area (Å²) >= 11 is 0. The average Bonchev–Trinajstić information content (AvgIpc) is 3.62. The molecule has 2 aliphatic rings. The van der Waals surface area contributed by atoms with Crippen molar-refractivity contribution in [2.45, 2.75) is 25.9 Å².